The van der Waals surface area contributed by atoms with E-state index in [-0.39, 0.29) is 37.4 Å². The van der Waals surface area contributed by atoms with Crippen LogP contribution in [0.15, 0.2) is 48.8 Å². The van der Waals surface area contributed by atoms with Gasteiger partial charge < -0.3 is 9.80 Å². The van der Waals surface area contributed by atoms with Gasteiger partial charge in [0, 0.05) is 44.5 Å². The Balaban J connectivity index is 1.43. The highest BCUT2D eigenvalue weighted by molar-refractivity contribution is 5.89. The molecule has 5 nitrogen and oxygen atoms in total. The van der Waals surface area contributed by atoms with E-state index in [1.165, 1.54) is 11.0 Å². The summed E-state index contributed by atoms with van der Waals surface area (Å²) in [6.45, 7) is 0.748. The van der Waals surface area contributed by atoms with Crippen LogP contribution < -0.4 is 0 Å². The van der Waals surface area contributed by atoms with Gasteiger partial charge in [-0.3, -0.25) is 14.6 Å². The number of hydrogen-bond donors (Lipinski definition) is 0. The molecule has 0 spiro atoms. The molecule has 1 aliphatic carbocycles. The molecule has 1 aromatic carbocycles. The topological polar surface area (TPSA) is 53.5 Å². The van der Waals surface area contributed by atoms with E-state index >= 15 is 0 Å². The normalized spacial score (nSPS) is 19.2. The van der Waals surface area contributed by atoms with Crippen LogP contribution in [0.4, 0.5) is 13.2 Å². The van der Waals surface area contributed by atoms with Crippen LogP contribution in [0.25, 0.3) is 0 Å². The van der Waals surface area contributed by atoms with Gasteiger partial charge >= 0.3 is 6.18 Å². The summed E-state index contributed by atoms with van der Waals surface area (Å²) in [6.07, 6.45) is 0.951. The van der Waals surface area contributed by atoms with Crippen molar-refractivity contribution in [1.82, 2.24) is 14.8 Å². The van der Waals surface area contributed by atoms with Crippen molar-refractivity contribution in [2.75, 3.05) is 6.54 Å². The molecule has 2 heterocycles. The summed E-state index contributed by atoms with van der Waals surface area (Å²) in [5, 5.41) is 0. The molecule has 4 rings (SSSR count). The highest BCUT2D eigenvalue weighted by Crippen LogP contribution is 2.33. The van der Waals surface area contributed by atoms with Crippen molar-refractivity contribution in [3.05, 3.63) is 65.5 Å². The second-order valence-corrected chi connectivity index (χ2v) is 7.93. The van der Waals surface area contributed by atoms with Crippen molar-refractivity contribution in [2.24, 2.45) is 5.92 Å². The van der Waals surface area contributed by atoms with Crippen molar-refractivity contribution in [3.63, 3.8) is 0 Å². The zero-order valence-corrected chi connectivity index (χ0v) is 16.3. The Morgan fingerprint density at radius 2 is 1.93 bits per heavy atom. The lowest BCUT2D eigenvalue weighted by Gasteiger charge is -2.25. The number of benzene rings is 1. The maximum Gasteiger partial charge on any atom is 0.416 e. The van der Waals surface area contributed by atoms with E-state index < -0.39 is 17.7 Å². The Bertz CT molecular complexity index is 929. The highest BCUT2D eigenvalue weighted by Gasteiger charge is 2.41. The molecule has 158 valence electrons. The molecule has 1 aromatic heterocycles. The maximum atomic E-state index is 13.1. The first-order valence-electron chi connectivity index (χ1n) is 9.94. The van der Waals surface area contributed by atoms with E-state index in [4.69, 9.17) is 0 Å². The molecule has 2 aromatic rings. The molecular formula is C22H22F3N3O2. The minimum Gasteiger partial charge on any atom is -0.338 e. The molecule has 1 saturated carbocycles. The number of pyridine rings is 1. The van der Waals surface area contributed by atoms with Crippen LogP contribution >= 0.6 is 0 Å². The molecule has 0 radical (unpaired) electrons. The standard InChI is InChI=1S/C22H22F3N3O2/c23-22(24,25)18-5-1-3-15(9-18)12-27-14-17(10-20(27)29)21(30)28(19-6-7-19)13-16-4-2-8-26-11-16/h1-5,8-9,11,17,19H,6-7,10,12-14H2/t17-/m0/s1. The van der Waals surface area contributed by atoms with E-state index in [9.17, 15) is 22.8 Å². The largest absolute Gasteiger partial charge is 0.416 e. The summed E-state index contributed by atoms with van der Waals surface area (Å²) < 4.78 is 38.8. The van der Waals surface area contributed by atoms with Gasteiger partial charge in [-0.25, -0.2) is 0 Å². The summed E-state index contributed by atoms with van der Waals surface area (Å²) in [4.78, 5) is 33.0. The van der Waals surface area contributed by atoms with Crippen molar-refractivity contribution >= 4 is 11.8 Å². The van der Waals surface area contributed by atoms with Crippen molar-refractivity contribution in [1.29, 1.82) is 0 Å². The molecule has 1 atom stereocenters. The van der Waals surface area contributed by atoms with Gasteiger partial charge in [-0.05, 0) is 42.2 Å². The second-order valence-electron chi connectivity index (χ2n) is 7.93. The fraction of sp³-hybridized carbons (Fsp3) is 0.409. The van der Waals surface area contributed by atoms with Gasteiger partial charge in [0.25, 0.3) is 0 Å². The first-order valence-corrected chi connectivity index (χ1v) is 9.94. The Kier molecular flexibility index (Phi) is 5.49. The van der Waals surface area contributed by atoms with Crippen LogP contribution in [0.3, 0.4) is 0 Å². The third kappa shape index (κ3) is 4.63. The fourth-order valence-electron chi connectivity index (χ4n) is 3.85. The predicted octanol–water partition coefficient (Wildman–Crippen LogP) is 3.64. The third-order valence-electron chi connectivity index (χ3n) is 5.54. The van der Waals surface area contributed by atoms with Gasteiger partial charge in [0.15, 0.2) is 0 Å². The smallest absolute Gasteiger partial charge is 0.338 e. The fourth-order valence-corrected chi connectivity index (χ4v) is 3.85. The number of nitrogens with zero attached hydrogens (tertiary/aromatic N) is 3. The van der Waals surface area contributed by atoms with Crippen LogP contribution in [-0.4, -0.2) is 39.2 Å². The van der Waals surface area contributed by atoms with Gasteiger partial charge in [0.05, 0.1) is 11.5 Å². The van der Waals surface area contributed by atoms with Crippen molar-refractivity contribution in [2.45, 2.75) is 44.6 Å². The zero-order chi connectivity index (χ0) is 21.3. The molecule has 0 bridgehead atoms. The number of carbonyl (C=O) groups excluding carboxylic acids is 2. The van der Waals surface area contributed by atoms with Crippen LogP contribution in [0.5, 0.6) is 0 Å². The molecule has 8 heteroatoms. The Morgan fingerprint density at radius 3 is 2.60 bits per heavy atom. The monoisotopic (exact) mass is 417 g/mol. The van der Waals surface area contributed by atoms with E-state index in [0.717, 1.165) is 30.5 Å². The molecule has 0 unspecified atom stereocenters. The summed E-state index contributed by atoms with van der Waals surface area (Å²) in [7, 11) is 0. The number of aromatic nitrogens is 1. The first-order chi connectivity index (χ1) is 14.3. The summed E-state index contributed by atoms with van der Waals surface area (Å²) in [6, 6.07) is 8.89. The number of carbonyl (C=O) groups is 2. The number of amides is 2. The van der Waals surface area contributed by atoms with Gasteiger partial charge in [0.2, 0.25) is 11.8 Å². The van der Waals surface area contributed by atoms with Gasteiger partial charge in [-0.15, -0.1) is 0 Å². The number of halogens is 3. The molecule has 0 N–H and O–H groups in total. The molecule has 2 aliphatic rings. The second kappa shape index (κ2) is 8.08. The quantitative estimate of drug-likeness (QED) is 0.721. The van der Waals surface area contributed by atoms with Crippen LogP contribution in [0.1, 0.15) is 36.0 Å². The lowest BCUT2D eigenvalue weighted by Crippen LogP contribution is -2.38. The van der Waals surface area contributed by atoms with E-state index in [1.54, 1.807) is 18.5 Å². The van der Waals surface area contributed by atoms with Crippen molar-refractivity contribution < 1.29 is 22.8 Å². The Labute approximate surface area is 172 Å². The first kappa shape index (κ1) is 20.4. The van der Waals surface area contributed by atoms with Crippen LogP contribution in [0, 0.1) is 5.92 Å². The van der Waals surface area contributed by atoms with E-state index in [1.807, 2.05) is 17.0 Å². The summed E-state index contributed by atoms with van der Waals surface area (Å²) >= 11 is 0. The summed E-state index contributed by atoms with van der Waals surface area (Å²) in [5.74, 6) is -0.746. The van der Waals surface area contributed by atoms with Crippen LogP contribution in [0.2, 0.25) is 0 Å². The van der Waals surface area contributed by atoms with Gasteiger partial charge in [0.1, 0.15) is 0 Å². The van der Waals surface area contributed by atoms with Crippen molar-refractivity contribution in [3.8, 4) is 0 Å². The molecule has 2 fully saturated rings. The Hall–Kier alpha value is -2.90. The predicted molar refractivity (Wildman–Crippen MR) is 103 cm³/mol. The number of hydrogen-bond acceptors (Lipinski definition) is 3. The molecular weight excluding hydrogens is 395 g/mol. The third-order valence-corrected chi connectivity index (χ3v) is 5.54. The molecule has 2 amide bonds. The van der Waals surface area contributed by atoms with Gasteiger partial charge in [-0.1, -0.05) is 18.2 Å². The van der Waals surface area contributed by atoms with Gasteiger partial charge in [-0.2, -0.15) is 13.2 Å². The number of likely N-dealkylation sites (tertiary alicyclic amines) is 1. The highest BCUT2D eigenvalue weighted by atomic mass is 19.4. The van der Waals surface area contributed by atoms with Crippen LogP contribution in [-0.2, 0) is 28.9 Å². The minimum absolute atomic E-state index is 0.0680. The van der Waals surface area contributed by atoms with E-state index in [2.05, 4.69) is 4.98 Å². The SMILES string of the molecule is O=C1C[C@H](C(=O)N(Cc2cccnc2)C2CC2)CN1Cc1cccc(C(F)(F)F)c1. The lowest BCUT2D eigenvalue weighted by molar-refractivity contribution is -0.138. The molecule has 1 aliphatic heterocycles. The average Bonchev–Trinajstić information content (AvgIpc) is 3.50. The molecule has 1 saturated heterocycles. The number of alkyl halides is 3. The number of rotatable bonds is 6. The average molecular weight is 417 g/mol. The maximum absolute atomic E-state index is 13.1. The summed E-state index contributed by atoms with van der Waals surface area (Å²) in [5.41, 5.74) is 0.597. The lowest BCUT2D eigenvalue weighted by atomic mass is 10.1. The zero-order valence-electron chi connectivity index (χ0n) is 16.3. The van der Waals surface area contributed by atoms with E-state index in [0.29, 0.717) is 12.1 Å². The molecule has 30 heavy (non-hydrogen) atoms. The minimum atomic E-state index is -4.43. The Morgan fingerprint density at radius 1 is 1.17 bits per heavy atom.